The van der Waals surface area contributed by atoms with E-state index in [0.717, 1.165) is 16.9 Å². The second-order valence-electron chi connectivity index (χ2n) is 4.40. The highest BCUT2D eigenvalue weighted by Gasteiger charge is 2.17. The number of nitrogens with one attached hydrogen (secondary N) is 1. The number of aromatic nitrogens is 1. The van der Waals surface area contributed by atoms with E-state index in [9.17, 15) is 14.0 Å². The number of amides is 2. The van der Waals surface area contributed by atoms with Gasteiger partial charge in [0.25, 0.3) is 5.91 Å². The van der Waals surface area contributed by atoms with Gasteiger partial charge in [0.2, 0.25) is 5.91 Å². The van der Waals surface area contributed by atoms with E-state index in [1.807, 2.05) is 6.26 Å². The first-order valence-electron chi connectivity index (χ1n) is 6.38. The number of hydrogen-bond acceptors (Lipinski definition) is 5. The molecule has 0 radical (unpaired) electrons. The summed E-state index contributed by atoms with van der Waals surface area (Å²) in [6.45, 7) is 0. The molecule has 8 heteroatoms. The number of primary amides is 1. The Bertz CT molecular complexity index is 686. The Hall–Kier alpha value is -1.93. The Morgan fingerprint density at radius 1 is 1.36 bits per heavy atom. The summed E-state index contributed by atoms with van der Waals surface area (Å²) in [6, 6.07) is 5.96. The first-order chi connectivity index (χ1) is 10.5. The van der Waals surface area contributed by atoms with Crippen LogP contribution in [0.1, 0.15) is 21.7 Å². The smallest absolute Gasteiger partial charge is 0.262 e. The maximum Gasteiger partial charge on any atom is 0.262 e. The van der Waals surface area contributed by atoms with Crippen LogP contribution >= 0.6 is 23.1 Å². The molecular weight excluding hydrogens is 325 g/mol. The van der Waals surface area contributed by atoms with Crippen molar-refractivity contribution in [1.82, 2.24) is 4.98 Å². The van der Waals surface area contributed by atoms with Crippen molar-refractivity contribution in [2.75, 3.05) is 11.6 Å². The molecule has 0 spiro atoms. The second-order valence-corrected chi connectivity index (χ2v) is 6.45. The van der Waals surface area contributed by atoms with Gasteiger partial charge in [-0.2, -0.15) is 0 Å². The van der Waals surface area contributed by atoms with Crippen LogP contribution in [-0.2, 0) is 11.2 Å². The standard InChI is InChI=1S/C14H14FN3O2S2/c1-21-14-18-13(11(22-14)12(16)20)17-10(19)7-4-8-2-5-9(15)6-3-8/h2-3,5-6H,4,7H2,1H3,(H2,16,20)(H,17,19). The van der Waals surface area contributed by atoms with Crippen molar-refractivity contribution in [1.29, 1.82) is 0 Å². The average molecular weight is 339 g/mol. The molecule has 0 atom stereocenters. The number of nitrogens with two attached hydrogens (primary N) is 1. The van der Waals surface area contributed by atoms with Gasteiger partial charge in [-0.1, -0.05) is 23.9 Å². The molecule has 2 aromatic rings. The SMILES string of the molecule is CSc1nc(NC(=O)CCc2ccc(F)cc2)c(C(N)=O)s1. The van der Waals surface area contributed by atoms with Crippen LogP contribution in [0.4, 0.5) is 10.2 Å². The number of halogens is 1. The molecule has 0 aliphatic heterocycles. The predicted octanol–water partition coefficient (Wildman–Crippen LogP) is 2.67. The van der Waals surface area contributed by atoms with Gasteiger partial charge in [-0.3, -0.25) is 9.59 Å². The van der Waals surface area contributed by atoms with Crippen LogP contribution in [0.3, 0.4) is 0 Å². The molecule has 0 saturated carbocycles. The first kappa shape index (κ1) is 16.4. The van der Waals surface area contributed by atoms with Gasteiger partial charge in [-0.05, 0) is 30.4 Å². The molecule has 0 aliphatic carbocycles. The monoisotopic (exact) mass is 339 g/mol. The molecule has 3 N–H and O–H groups in total. The Kier molecular flexibility index (Phi) is 5.51. The summed E-state index contributed by atoms with van der Waals surface area (Å²) in [5.74, 6) is -1.01. The molecule has 22 heavy (non-hydrogen) atoms. The summed E-state index contributed by atoms with van der Waals surface area (Å²) in [5, 5.41) is 2.60. The fourth-order valence-electron chi connectivity index (χ4n) is 1.74. The van der Waals surface area contributed by atoms with E-state index in [-0.39, 0.29) is 28.8 Å². The van der Waals surface area contributed by atoms with Crippen LogP contribution < -0.4 is 11.1 Å². The Morgan fingerprint density at radius 2 is 2.05 bits per heavy atom. The van der Waals surface area contributed by atoms with Crippen LogP contribution in [0, 0.1) is 5.82 Å². The van der Waals surface area contributed by atoms with E-state index in [0.29, 0.717) is 10.8 Å². The number of aryl methyl sites for hydroxylation is 1. The number of hydrogen-bond donors (Lipinski definition) is 2. The van der Waals surface area contributed by atoms with Crippen molar-refractivity contribution in [3.63, 3.8) is 0 Å². The average Bonchev–Trinajstić information content (AvgIpc) is 2.90. The third kappa shape index (κ3) is 4.28. The minimum Gasteiger partial charge on any atom is -0.365 e. The van der Waals surface area contributed by atoms with Crippen molar-refractivity contribution in [3.8, 4) is 0 Å². The van der Waals surface area contributed by atoms with Gasteiger partial charge >= 0.3 is 0 Å². The van der Waals surface area contributed by atoms with Gasteiger partial charge < -0.3 is 11.1 Å². The number of anilines is 1. The Morgan fingerprint density at radius 3 is 2.64 bits per heavy atom. The topological polar surface area (TPSA) is 85.1 Å². The van der Waals surface area contributed by atoms with Crippen molar-refractivity contribution in [2.24, 2.45) is 5.73 Å². The molecule has 1 aromatic carbocycles. The molecule has 1 heterocycles. The van der Waals surface area contributed by atoms with E-state index in [1.54, 1.807) is 12.1 Å². The van der Waals surface area contributed by atoms with E-state index >= 15 is 0 Å². The third-order valence-electron chi connectivity index (χ3n) is 2.82. The molecule has 2 rings (SSSR count). The van der Waals surface area contributed by atoms with Gasteiger partial charge in [-0.15, -0.1) is 11.3 Å². The minimum atomic E-state index is -0.619. The molecule has 2 amide bonds. The fraction of sp³-hybridized carbons (Fsp3) is 0.214. The molecule has 0 aliphatic rings. The number of benzene rings is 1. The zero-order valence-electron chi connectivity index (χ0n) is 11.8. The molecule has 116 valence electrons. The van der Waals surface area contributed by atoms with Crippen molar-refractivity contribution < 1.29 is 14.0 Å². The maximum atomic E-state index is 12.8. The van der Waals surface area contributed by atoms with Gasteiger partial charge in [0.1, 0.15) is 10.7 Å². The second kappa shape index (κ2) is 7.37. The van der Waals surface area contributed by atoms with E-state index in [1.165, 1.54) is 23.9 Å². The van der Waals surface area contributed by atoms with Crippen LogP contribution in [0.15, 0.2) is 28.6 Å². The Balaban J connectivity index is 1.98. The third-order valence-corrected chi connectivity index (χ3v) is 4.87. The molecule has 0 fully saturated rings. The molecule has 0 unspecified atom stereocenters. The van der Waals surface area contributed by atoms with Gasteiger partial charge in [0.15, 0.2) is 10.2 Å². The normalized spacial score (nSPS) is 10.5. The summed E-state index contributed by atoms with van der Waals surface area (Å²) in [5.41, 5.74) is 6.13. The first-order valence-corrected chi connectivity index (χ1v) is 8.42. The largest absolute Gasteiger partial charge is 0.365 e. The number of thiazole rings is 1. The summed E-state index contributed by atoms with van der Waals surface area (Å²) in [7, 11) is 0. The molecule has 0 saturated heterocycles. The number of carbonyl (C=O) groups is 2. The lowest BCUT2D eigenvalue weighted by Crippen LogP contribution is -2.17. The maximum absolute atomic E-state index is 12.8. The van der Waals surface area contributed by atoms with Gasteiger partial charge in [0.05, 0.1) is 0 Å². The van der Waals surface area contributed by atoms with Crippen LogP contribution in [0.2, 0.25) is 0 Å². The van der Waals surface area contributed by atoms with Crippen molar-refractivity contribution >= 4 is 40.7 Å². The molecular formula is C14H14FN3O2S2. The van der Waals surface area contributed by atoms with E-state index < -0.39 is 5.91 Å². The predicted molar refractivity (Wildman–Crippen MR) is 85.8 cm³/mol. The zero-order chi connectivity index (χ0) is 16.1. The lowest BCUT2D eigenvalue weighted by Gasteiger charge is -2.04. The fourth-order valence-corrected chi connectivity index (χ4v) is 3.11. The van der Waals surface area contributed by atoms with E-state index in [2.05, 4.69) is 10.3 Å². The molecule has 1 aromatic heterocycles. The van der Waals surface area contributed by atoms with Gasteiger partial charge in [0, 0.05) is 6.42 Å². The lowest BCUT2D eigenvalue weighted by molar-refractivity contribution is -0.116. The number of rotatable bonds is 6. The molecule has 5 nitrogen and oxygen atoms in total. The summed E-state index contributed by atoms with van der Waals surface area (Å²) < 4.78 is 13.5. The highest BCUT2D eigenvalue weighted by molar-refractivity contribution is 8.00. The van der Waals surface area contributed by atoms with Crippen LogP contribution in [0.25, 0.3) is 0 Å². The summed E-state index contributed by atoms with van der Waals surface area (Å²) >= 11 is 2.52. The highest BCUT2D eigenvalue weighted by Crippen LogP contribution is 2.28. The van der Waals surface area contributed by atoms with Crippen LogP contribution in [-0.4, -0.2) is 23.1 Å². The van der Waals surface area contributed by atoms with Crippen molar-refractivity contribution in [3.05, 3.63) is 40.5 Å². The van der Waals surface area contributed by atoms with Crippen molar-refractivity contribution in [2.45, 2.75) is 17.2 Å². The number of carbonyl (C=O) groups excluding carboxylic acids is 2. The summed E-state index contributed by atoms with van der Waals surface area (Å²) in [6.07, 6.45) is 2.50. The number of thioether (sulfide) groups is 1. The molecule has 0 bridgehead atoms. The van der Waals surface area contributed by atoms with Gasteiger partial charge in [-0.25, -0.2) is 9.37 Å². The quantitative estimate of drug-likeness (QED) is 0.792. The summed E-state index contributed by atoms with van der Waals surface area (Å²) in [4.78, 5) is 27.7. The number of nitrogens with zero attached hydrogens (tertiary/aromatic N) is 1. The Labute approximate surface area is 135 Å². The lowest BCUT2D eigenvalue weighted by atomic mass is 10.1. The van der Waals surface area contributed by atoms with E-state index in [4.69, 9.17) is 5.73 Å². The minimum absolute atomic E-state index is 0.200. The highest BCUT2D eigenvalue weighted by atomic mass is 32.2. The van der Waals surface area contributed by atoms with Crippen LogP contribution in [0.5, 0.6) is 0 Å². The zero-order valence-corrected chi connectivity index (χ0v) is 13.4.